The Morgan fingerprint density at radius 2 is 1.90 bits per heavy atom. The molecule has 0 bridgehead atoms. The van der Waals surface area contributed by atoms with Gasteiger partial charge in [0, 0.05) is 13.2 Å². The summed E-state index contributed by atoms with van der Waals surface area (Å²) in [5.74, 6) is -0.203. The lowest BCUT2D eigenvalue weighted by molar-refractivity contribution is -0.0781. The van der Waals surface area contributed by atoms with E-state index in [0.717, 1.165) is 31.2 Å². The van der Waals surface area contributed by atoms with Crippen molar-refractivity contribution in [1.29, 1.82) is 0 Å². The zero-order chi connectivity index (χ0) is 14.8. The topological polar surface area (TPSA) is 35.2 Å². The van der Waals surface area contributed by atoms with Gasteiger partial charge in [-0.2, -0.15) is 0 Å². The van der Waals surface area contributed by atoms with Gasteiger partial charge in [0.05, 0.1) is 5.60 Å². The molecule has 1 unspecified atom stereocenters. The van der Waals surface area contributed by atoms with E-state index in [2.05, 4.69) is 13.8 Å². The Kier molecular flexibility index (Phi) is 4.50. The van der Waals surface area contributed by atoms with Crippen LogP contribution in [0.15, 0.2) is 24.3 Å². The largest absolute Gasteiger partial charge is 0.377 e. The molecule has 1 aliphatic carbocycles. The second-order valence-corrected chi connectivity index (χ2v) is 6.87. The zero-order valence-corrected chi connectivity index (χ0v) is 12.8. The fraction of sp³-hybridized carbons (Fsp3) is 0.647. The van der Waals surface area contributed by atoms with Crippen molar-refractivity contribution in [2.45, 2.75) is 57.6 Å². The van der Waals surface area contributed by atoms with Crippen LogP contribution in [0.5, 0.6) is 0 Å². The predicted molar refractivity (Wildman–Crippen MR) is 80.1 cm³/mol. The van der Waals surface area contributed by atoms with E-state index in [4.69, 9.17) is 10.5 Å². The van der Waals surface area contributed by atoms with Gasteiger partial charge in [0.25, 0.3) is 0 Å². The molecule has 1 aromatic rings. The summed E-state index contributed by atoms with van der Waals surface area (Å²) in [4.78, 5) is 0. The number of hydrogen-bond donors (Lipinski definition) is 1. The number of ether oxygens (including phenoxy) is 1. The maximum Gasteiger partial charge on any atom is 0.123 e. The molecule has 0 aromatic heterocycles. The predicted octanol–water partition coefficient (Wildman–Crippen LogP) is 3.68. The van der Waals surface area contributed by atoms with Gasteiger partial charge in [0.15, 0.2) is 0 Å². The van der Waals surface area contributed by atoms with E-state index in [0.29, 0.717) is 11.8 Å². The summed E-state index contributed by atoms with van der Waals surface area (Å²) in [5, 5.41) is 0. The lowest BCUT2D eigenvalue weighted by Gasteiger charge is -2.46. The standard InChI is InChI=1S/C17H26FNO/c1-16(2)7-9-17(20-3,10-8-16)15(19)12-13-5-4-6-14(18)11-13/h4-6,11,15H,7-10,12,19H2,1-3H3. The zero-order valence-electron chi connectivity index (χ0n) is 12.8. The average molecular weight is 279 g/mol. The molecule has 0 radical (unpaired) electrons. The molecule has 1 fully saturated rings. The Balaban J connectivity index is 2.08. The number of methoxy groups -OCH3 is 1. The molecule has 1 atom stereocenters. The molecule has 2 N–H and O–H groups in total. The maximum atomic E-state index is 13.3. The van der Waals surface area contributed by atoms with Crippen LogP contribution in [0.4, 0.5) is 4.39 Å². The molecule has 112 valence electrons. The van der Waals surface area contributed by atoms with Crippen LogP contribution < -0.4 is 5.73 Å². The van der Waals surface area contributed by atoms with E-state index < -0.39 is 0 Å². The van der Waals surface area contributed by atoms with Gasteiger partial charge in [-0.25, -0.2) is 4.39 Å². The van der Waals surface area contributed by atoms with Gasteiger partial charge in [0.2, 0.25) is 0 Å². The number of hydrogen-bond acceptors (Lipinski definition) is 2. The van der Waals surface area contributed by atoms with Gasteiger partial charge in [0.1, 0.15) is 5.82 Å². The van der Waals surface area contributed by atoms with Crippen molar-refractivity contribution >= 4 is 0 Å². The van der Waals surface area contributed by atoms with Crippen molar-refractivity contribution in [2.75, 3.05) is 7.11 Å². The minimum absolute atomic E-state index is 0.0922. The second kappa shape index (κ2) is 5.82. The summed E-state index contributed by atoms with van der Waals surface area (Å²) < 4.78 is 19.1. The maximum absolute atomic E-state index is 13.3. The Labute approximate surface area is 121 Å². The average Bonchev–Trinajstić information content (AvgIpc) is 2.39. The highest BCUT2D eigenvalue weighted by molar-refractivity contribution is 5.18. The number of nitrogens with two attached hydrogens (primary N) is 1. The highest BCUT2D eigenvalue weighted by Gasteiger charge is 2.42. The molecule has 1 aliphatic rings. The molecule has 2 rings (SSSR count). The van der Waals surface area contributed by atoms with Gasteiger partial charge in [-0.1, -0.05) is 26.0 Å². The molecule has 2 nitrogen and oxygen atoms in total. The van der Waals surface area contributed by atoms with Crippen molar-refractivity contribution in [3.05, 3.63) is 35.6 Å². The molecule has 1 aromatic carbocycles. The van der Waals surface area contributed by atoms with E-state index in [9.17, 15) is 4.39 Å². The van der Waals surface area contributed by atoms with Gasteiger partial charge in [-0.15, -0.1) is 0 Å². The Morgan fingerprint density at radius 3 is 2.45 bits per heavy atom. The van der Waals surface area contributed by atoms with Crippen LogP contribution >= 0.6 is 0 Å². The highest BCUT2D eigenvalue weighted by atomic mass is 19.1. The highest BCUT2D eigenvalue weighted by Crippen LogP contribution is 2.43. The number of halogens is 1. The lowest BCUT2D eigenvalue weighted by Crippen LogP contribution is -2.53. The van der Waals surface area contributed by atoms with Crippen LogP contribution in [-0.2, 0) is 11.2 Å². The number of rotatable bonds is 4. The van der Waals surface area contributed by atoms with E-state index in [1.807, 2.05) is 6.07 Å². The molecule has 0 saturated heterocycles. The van der Waals surface area contributed by atoms with Crippen molar-refractivity contribution in [3.8, 4) is 0 Å². The first-order valence-electron chi connectivity index (χ1n) is 7.42. The summed E-state index contributed by atoms with van der Waals surface area (Å²) in [7, 11) is 1.75. The third-order valence-electron chi connectivity index (χ3n) is 4.88. The summed E-state index contributed by atoms with van der Waals surface area (Å²) in [5.41, 5.74) is 7.47. The smallest absolute Gasteiger partial charge is 0.123 e. The van der Waals surface area contributed by atoms with Gasteiger partial charge in [-0.05, 0) is 55.2 Å². The van der Waals surface area contributed by atoms with Crippen LogP contribution in [-0.4, -0.2) is 18.8 Å². The summed E-state index contributed by atoms with van der Waals surface area (Å²) in [6.07, 6.45) is 4.86. The molecule has 0 spiro atoms. The van der Waals surface area contributed by atoms with Crippen LogP contribution in [0.1, 0.15) is 45.1 Å². The molecule has 0 heterocycles. The lowest BCUT2D eigenvalue weighted by atomic mass is 9.68. The fourth-order valence-corrected chi connectivity index (χ4v) is 3.18. The molecule has 1 saturated carbocycles. The van der Waals surface area contributed by atoms with Gasteiger partial charge < -0.3 is 10.5 Å². The van der Waals surface area contributed by atoms with Crippen LogP contribution in [0, 0.1) is 11.2 Å². The number of benzene rings is 1. The molecule has 3 heteroatoms. The Bertz CT molecular complexity index is 448. The Morgan fingerprint density at radius 1 is 1.25 bits per heavy atom. The van der Waals surface area contributed by atoms with E-state index >= 15 is 0 Å². The first kappa shape index (κ1) is 15.5. The van der Waals surface area contributed by atoms with Crippen LogP contribution in [0.2, 0.25) is 0 Å². The molecule has 0 aliphatic heterocycles. The van der Waals surface area contributed by atoms with E-state index in [1.165, 1.54) is 6.07 Å². The van der Waals surface area contributed by atoms with Crippen molar-refractivity contribution in [1.82, 2.24) is 0 Å². The first-order valence-corrected chi connectivity index (χ1v) is 7.42. The second-order valence-electron chi connectivity index (χ2n) is 6.87. The quantitative estimate of drug-likeness (QED) is 0.912. The minimum atomic E-state index is -0.262. The third-order valence-corrected chi connectivity index (χ3v) is 4.88. The molecule has 0 amide bonds. The third kappa shape index (κ3) is 3.39. The summed E-state index contributed by atoms with van der Waals surface area (Å²) in [6, 6.07) is 6.60. The summed E-state index contributed by atoms with van der Waals surface area (Å²) >= 11 is 0. The van der Waals surface area contributed by atoms with Gasteiger partial charge >= 0.3 is 0 Å². The monoisotopic (exact) mass is 279 g/mol. The van der Waals surface area contributed by atoms with Gasteiger partial charge in [-0.3, -0.25) is 0 Å². The van der Waals surface area contributed by atoms with Crippen LogP contribution in [0.25, 0.3) is 0 Å². The normalized spacial score (nSPS) is 22.4. The fourth-order valence-electron chi connectivity index (χ4n) is 3.18. The molecular weight excluding hydrogens is 253 g/mol. The molecule has 20 heavy (non-hydrogen) atoms. The minimum Gasteiger partial charge on any atom is -0.377 e. The summed E-state index contributed by atoms with van der Waals surface area (Å²) in [6.45, 7) is 4.59. The van der Waals surface area contributed by atoms with Crippen molar-refractivity contribution in [2.24, 2.45) is 11.1 Å². The van der Waals surface area contributed by atoms with Crippen molar-refractivity contribution in [3.63, 3.8) is 0 Å². The van der Waals surface area contributed by atoms with Crippen molar-refractivity contribution < 1.29 is 9.13 Å². The SMILES string of the molecule is COC1(C(N)Cc2cccc(F)c2)CCC(C)(C)CC1. The molecular formula is C17H26FNO. The van der Waals surface area contributed by atoms with E-state index in [1.54, 1.807) is 19.2 Å². The van der Waals surface area contributed by atoms with Crippen LogP contribution in [0.3, 0.4) is 0 Å². The Hall–Kier alpha value is -0.930. The first-order chi connectivity index (χ1) is 9.37. The van der Waals surface area contributed by atoms with E-state index in [-0.39, 0.29) is 17.5 Å².